The molecule has 0 saturated carbocycles. The van der Waals surface area contributed by atoms with Crippen molar-refractivity contribution in [2.45, 2.75) is 344 Å². The van der Waals surface area contributed by atoms with Crippen molar-refractivity contribution < 1.29 is 64.6 Å². The maximum atomic E-state index is 13.2. The molecule has 78 heavy (non-hydrogen) atoms. The lowest BCUT2D eigenvalue weighted by Gasteiger charge is -2.46. The third kappa shape index (κ3) is 34.6. The Morgan fingerprint density at radius 2 is 0.821 bits per heavy atom. The Morgan fingerprint density at radius 1 is 0.449 bits per heavy atom. The van der Waals surface area contributed by atoms with Gasteiger partial charge in [-0.3, -0.25) is 4.79 Å². The normalized spacial score (nSPS) is 24.7. The smallest absolute Gasteiger partial charge is 0.220 e. The number of rotatable bonds is 52. The number of carbonyl (C=O) groups is 1. The second kappa shape index (κ2) is 49.8. The van der Waals surface area contributed by atoms with Gasteiger partial charge in [0.05, 0.1) is 32.0 Å². The first kappa shape index (κ1) is 72.3. The van der Waals surface area contributed by atoms with Gasteiger partial charge in [0.1, 0.15) is 48.8 Å². The average Bonchev–Trinajstić information content (AvgIpc) is 3.48. The zero-order valence-corrected chi connectivity index (χ0v) is 49.4. The van der Waals surface area contributed by atoms with Gasteiger partial charge in [0, 0.05) is 6.42 Å². The van der Waals surface area contributed by atoms with Crippen LogP contribution in [-0.2, 0) is 23.7 Å². The van der Waals surface area contributed by atoms with Crippen LogP contribution < -0.4 is 5.32 Å². The highest BCUT2D eigenvalue weighted by atomic mass is 16.7. The Hall–Kier alpha value is -1.79. The molecule has 2 aliphatic heterocycles. The summed E-state index contributed by atoms with van der Waals surface area (Å²) >= 11 is 0. The van der Waals surface area contributed by atoms with E-state index >= 15 is 0 Å². The lowest BCUT2D eigenvalue weighted by molar-refractivity contribution is -0.359. The minimum absolute atomic E-state index is 0.256. The van der Waals surface area contributed by atoms with E-state index in [0.717, 1.165) is 51.4 Å². The molecule has 12 atom stereocenters. The number of aliphatic hydroxyl groups is 8. The van der Waals surface area contributed by atoms with Crippen LogP contribution in [0.1, 0.15) is 271 Å². The Bertz CT molecular complexity index is 1450. The van der Waals surface area contributed by atoms with Crippen LogP contribution in [0.3, 0.4) is 0 Å². The van der Waals surface area contributed by atoms with Crippen LogP contribution in [0.5, 0.6) is 0 Å². The fourth-order valence-corrected chi connectivity index (χ4v) is 10.6. The van der Waals surface area contributed by atoms with Crippen LogP contribution >= 0.6 is 0 Å². The molecule has 9 N–H and O–H groups in total. The number of ether oxygens (including phenoxy) is 4. The van der Waals surface area contributed by atoms with Gasteiger partial charge in [0.2, 0.25) is 5.91 Å². The summed E-state index contributed by atoms with van der Waals surface area (Å²) in [4.78, 5) is 13.2. The highest BCUT2D eigenvalue weighted by Crippen LogP contribution is 2.30. The molecule has 2 saturated heterocycles. The van der Waals surface area contributed by atoms with Crippen molar-refractivity contribution in [2.75, 3.05) is 19.8 Å². The zero-order chi connectivity index (χ0) is 56.7. The van der Waals surface area contributed by atoms with Gasteiger partial charge in [-0.05, 0) is 57.8 Å². The Balaban J connectivity index is 1.72. The summed E-state index contributed by atoms with van der Waals surface area (Å²) in [5.41, 5.74) is 0. The fraction of sp³-hybridized carbons (Fsp3) is 0.891. The van der Waals surface area contributed by atoms with Gasteiger partial charge >= 0.3 is 0 Å². The van der Waals surface area contributed by atoms with E-state index in [2.05, 4.69) is 43.5 Å². The molecule has 0 bridgehead atoms. The van der Waals surface area contributed by atoms with E-state index in [4.69, 9.17) is 18.9 Å². The fourth-order valence-electron chi connectivity index (χ4n) is 10.6. The summed E-state index contributed by atoms with van der Waals surface area (Å²) in [6, 6.07) is -0.935. The van der Waals surface area contributed by atoms with Crippen molar-refractivity contribution in [3.63, 3.8) is 0 Å². The minimum Gasteiger partial charge on any atom is -0.394 e. The predicted molar refractivity (Wildman–Crippen MR) is 314 cm³/mol. The molecule has 0 radical (unpaired) electrons. The number of allylic oxidation sites excluding steroid dienone is 5. The first-order valence-corrected chi connectivity index (χ1v) is 32.2. The largest absolute Gasteiger partial charge is 0.394 e. The van der Waals surface area contributed by atoms with Gasteiger partial charge in [0.15, 0.2) is 12.6 Å². The van der Waals surface area contributed by atoms with E-state index in [9.17, 15) is 45.6 Å². The molecule has 0 aromatic carbocycles. The van der Waals surface area contributed by atoms with Crippen LogP contribution in [0.4, 0.5) is 0 Å². The molecule has 0 spiro atoms. The quantitative estimate of drug-likeness (QED) is 0.0204. The molecule has 14 heteroatoms. The van der Waals surface area contributed by atoms with Crippen molar-refractivity contribution in [2.24, 2.45) is 0 Å². The molecule has 2 heterocycles. The van der Waals surface area contributed by atoms with Gasteiger partial charge in [-0.15, -0.1) is 0 Å². The van der Waals surface area contributed by atoms with E-state index in [0.29, 0.717) is 12.8 Å². The number of hydrogen-bond donors (Lipinski definition) is 9. The number of aliphatic hydroxyl groups excluding tert-OH is 8. The van der Waals surface area contributed by atoms with E-state index in [1.165, 1.54) is 186 Å². The Morgan fingerprint density at radius 3 is 1.26 bits per heavy atom. The van der Waals surface area contributed by atoms with Crippen LogP contribution in [0.25, 0.3) is 0 Å². The van der Waals surface area contributed by atoms with Crippen LogP contribution in [0, 0.1) is 0 Å². The number of carbonyl (C=O) groups excluding carboxylic acids is 1. The standard InChI is InChI=1S/C64H119NO13/c1-3-5-7-9-11-13-15-17-19-21-22-23-24-25-26-27-28-29-30-31-32-33-35-37-39-41-43-45-47-53(68)52(65-56(69)48-46-44-42-40-38-36-34-20-18-16-14-12-10-8-6-4-2)51-75-63-61(74)59(72)62(55(50-67)77-63)78-64-60(73)58(71)57(70)54(49-66)76-64/h20,34,37,39,45,47,52-55,57-64,66-68,70-74H,3-19,21-33,35-36,38,40-44,46,48-51H2,1-2H3,(H,65,69)/b34-20-,39-37+,47-45+. The topological polar surface area (TPSA) is 228 Å². The van der Waals surface area contributed by atoms with Gasteiger partial charge in [-0.2, -0.15) is 0 Å². The van der Waals surface area contributed by atoms with Crippen molar-refractivity contribution in [3.8, 4) is 0 Å². The Labute approximate surface area is 474 Å². The first-order chi connectivity index (χ1) is 38.1. The molecule has 458 valence electrons. The SMILES string of the molecule is CCCCCCCCC/C=C\CCCCCCCC(=O)NC(COC1OC(CO)C(OC2OC(CO)C(O)C(O)C2O)C(O)C1O)C(O)/C=C/CC/C=C/CCCCCCCCCCCCCCCCCCCCCCCC. The lowest BCUT2D eigenvalue weighted by atomic mass is 9.97. The van der Waals surface area contributed by atoms with Crippen LogP contribution in [0.15, 0.2) is 36.5 Å². The van der Waals surface area contributed by atoms with Gasteiger partial charge in [-0.1, -0.05) is 243 Å². The number of nitrogens with one attached hydrogen (secondary N) is 1. The minimum atomic E-state index is -1.79. The summed E-state index contributed by atoms with van der Waals surface area (Å²) in [5.74, 6) is -0.256. The van der Waals surface area contributed by atoms with Gasteiger partial charge in [0.25, 0.3) is 0 Å². The lowest BCUT2D eigenvalue weighted by Crippen LogP contribution is -2.65. The summed E-state index contributed by atoms with van der Waals surface area (Å²) < 4.78 is 22.8. The molecule has 14 nitrogen and oxygen atoms in total. The molecule has 1 amide bonds. The number of hydrogen-bond acceptors (Lipinski definition) is 13. The molecule has 0 aromatic heterocycles. The second-order valence-corrected chi connectivity index (χ2v) is 22.9. The maximum Gasteiger partial charge on any atom is 0.220 e. The molecule has 0 aromatic rings. The van der Waals surface area contributed by atoms with Crippen molar-refractivity contribution in [3.05, 3.63) is 36.5 Å². The second-order valence-electron chi connectivity index (χ2n) is 22.9. The molecule has 12 unspecified atom stereocenters. The van der Waals surface area contributed by atoms with Crippen LogP contribution in [0.2, 0.25) is 0 Å². The zero-order valence-electron chi connectivity index (χ0n) is 49.4. The van der Waals surface area contributed by atoms with Gasteiger partial charge < -0.3 is 65.1 Å². The van der Waals surface area contributed by atoms with E-state index in [-0.39, 0.29) is 18.9 Å². The van der Waals surface area contributed by atoms with Crippen molar-refractivity contribution in [1.82, 2.24) is 5.32 Å². The molecule has 0 aliphatic carbocycles. The van der Waals surface area contributed by atoms with Crippen molar-refractivity contribution >= 4 is 5.91 Å². The van der Waals surface area contributed by atoms with Crippen LogP contribution in [-0.4, -0.2) is 140 Å². The van der Waals surface area contributed by atoms with Crippen molar-refractivity contribution in [1.29, 1.82) is 0 Å². The highest BCUT2D eigenvalue weighted by Gasteiger charge is 2.51. The molecular formula is C64H119NO13. The maximum absolute atomic E-state index is 13.2. The molecule has 2 fully saturated rings. The number of unbranched alkanes of at least 4 members (excludes halogenated alkanes) is 35. The predicted octanol–water partition coefficient (Wildman–Crippen LogP) is 11.8. The third-order valence-corrected chi connectivity index (χ3v) is 15.8. The van der Waals surface area contributed by atoms with E-state index in [1.807, 2.05) is 6.08 Å². The Kier molecular flexibility index (Phi) is 46.2. The molecular weight excluding hydrogens is 991 g/mol. The van der Waals surface area contributed by atoms with E-state index in [1.54, 1.807) is 6.08 Å². The average molecular weight is 1110 g/mol. The monoisotopic (exact) mass is 1110 g/mol. The highest BCUT2D eigenvalue weighted by molar-refractivity contribution is 5.76. The van der Waals surface area contributed by atoms with E-state index < -0.39 is 86.8 Å². The van der Waals surface area contributed by atoms with Gasteiger partial charge in [-0.25, -0.2) is 0 Å². The first-order valence-electron chi connectivity index (χ1n) is 32.2. The summed E-state index contributed by atoms with van der Waals surface area (Å²) in [5, 5.41) is 87.2. The third-order valence-electron chi connectivity index (χ3n) is 15.8. The summed E-state index contributed by atoms with van der Waals surface area (Å²) in [6.45, 7) is 2.80. The summed E-state index contributed by atoms with van der Waals surface area (Å²) in [7, 11) is 0. The molecule has 2 rings (SSSR count). The summed E-state index contributed by atoms with van der Waals surface area (Å²) in [6.07, 6.45) is 44.9. The molecule has 2 aliphatic rings. The number of amides is 1.